The highest BCUT2D eigenvalue weighted by Crippen LogP contribution is 2.28. The number of carbonyl (C=O) groups excluding carboxylic acids is 1. The van der Waals surface area contributed by atoms with Crippen LogP contribution < -0.4 is 4.74 Å². The van der Waals surface area contributed by atoms with Gasteiger partial charge in [-0.1, -0.05) is 18.2 Å². The molecule has 2 aromatic rings. The minimum absolute atomic E-state index is 0.125. The average molecular weight is 443 g/mol. The lowest BCUT2D eigenvalue weighted by atomic mass is 9.90. The van der Waals surface area contributed by atoms with Gasteiger partial charge in [-0.2, -0.15) is 4.31 Å². The lowest BCUT2D eigenvalue weighted by molar-refractivity contribution is 0.0793. The van der Waals surface area contributed by atoms with Crippen molar-refractivity contribution in [3.8, 4) is 5.75 Å². The minimum atomic E-state index is -3.50. The fraction of sp³-hybridized carbons (Fsp3) is 0.458. The monoisotopic (exact) mass is 442 g/mol. The van der Waals surface area contributed by atoms with Gasteiger partial charge in [-0.25, -0.2) is 8.42 Å². The topological polar surface area (TPSA) is 66.9 Å². The van der Waals surface area contributed by atoms with Crippen molar-refractivity contribution in [1.82, 2.24) is 9.21 Å². The molecule has 0 saturated carbocycles. The van der Waals surface area contributed by atoms with E-state index >= 15 is 0 Å². The summed E-state index contributed by atoms with van der Waals surface area (Å²) < 4.78 is 32.7. The van der Waals surface area contributed by atoms with E-state index in [-0.39, 0.29) is 10.8 Å². The van der Waals surface area contributed by atoms with Gasteiger partial charge >= 0.3 is 0 Å². The summed E-state index contributed by atoms with van der Waals surface area (Å²) >= 11 is 0. The summed E-state index contributed by atoms with van der Waals surface area (Å²) in [5.74, 6) is 1.11. The largest absolute Gasteiger partial charge is 0.497 e. The third kappa shape index (κ3) is 4.93. The molecule has 1 amide bonds. The van der Waals surface area contributed by atoms with Gasteiger partial charge in [0.15, 0.2) is 0 Å². The van der Waals surface area contributed by atoms with Gasteiger partial charge in [-0.3, -0.25) is 4.79 Å². The SMILES string of the molecule is COc1cccc(S(=O)(=O)N2CCC(Cc3ccc(C(=O)N4CCCC4)cc3)CC2)c1. The molecule has 2 heterocycles. The van der Waals surface area contributed by atoms with Gasteiger partial charge in [0.2, 0.25) is 10.0 Å². The second-order valence-corrected chi connectivity index (χ2v) is 10.4. The number of hydrogen-bond donors (Lipinski definition) is 0. The Balaban J connectivity index is 1.33. The fourth-order valence-corrected chi connectivity index (χ4v) is 5.99. The lowest BCUT2D eigenvalue weighted by Crippen LogP contribution is -2.38. The minimum Gasteiger partial charge on any atom is -0.497 e. The van der Waals surface area contributed by atoms with Crippen LogP contribution in [0.25, 0.3) is 0 Å². The van der Waals surface area contributed by atoms with Crippen molar-refractivity contribution in [2.24, 2.45) is 5.92 Å². The van der Waals surface area contributed by atoms with E-state index in [1.54, 1.807) is 28.6 Å². The van der Waals surface area contributed by atoms with Crippen LogP contribution in [0.3, 0.4) is 0 Å². The zero-order valence-electron chi connectivity index (χ0n) is 18.0. The molecule has 31 heavy (non-hydrogen) atoms. The van der Waals surface area contributed by atoms with E-state index in [1.165, 1.54) is 12.7 Å². The first kappa shape index (κ1) is 21.8. The summed E-state index contributed by atoms with van der Waals surface area (Å²) in [5.41, 5.74) is 1.96. The number of sulfonamides is 1. The third-order valence-corrected chi connectivity index (χ3v) is 8.27. The van der Waals surface area contributed by atoms with Crippen LogP contribution in [0.2, 0.25) is 0 Å². The Hall–Kier alpha value is -2.38. The van der Waals surface area contributed by atoms with Crippen molar-refractivity contribution in [2.45, 2.75) is 37.0 Å². The maximum atomic E-state index is 13.0. The van der Waals surface area contributed by atoms with Gasteiger partial charge in [0, 0.05) is 37.8 Å². The number of nitrogens with zero attached hydrogens (tertiary/aromatic N) is 2. The smallest absolute Gasteiger partial charge is 0.253 e. The van der Waals surface area contributed by atoms with Crippen molar-refractivity contribution in [3.63, 3.8) is 0 Å². The van der Waals surface area contributed by atoms with E-state index < -0.39 is 10.0 Å². The number of benzene rings is 2. The average Bonchev–Trinajstić information content (AvgIpc) is 3.34. The number of ether oxygens (including phenoxy) is 1. The van der Waals surface area contributed by atoms with Gasteiger partial charge in [-0.15, -0.1) is 0 Å². The van der Waals surface area contributed by atoms with Gasteiger partial charge in [0.05, 0.1) is 12.0 Å². The molecule has 2 aliphatic heterocycles. The zero-order chi connectivity index (χ0) is 21.8. The maximum absolute atomic E-state index is 13.0. The maximum Gasteiger partial charge on any atom is 0.253 e. The molecule has 0 atom stereocenters. The highest BCUT2D eigenvalue weighted by atomic mass is 32.2. The summed E-state index contributed by atoms with van der Waals surface area (Å²) in [5, 5.41) is 0. The first-order valence-electron chi connectivity index (χ1n) is 11.0. The van der Waals surface area contributed by atoms with Crippen LogP contribution in [0, 0.1) is 5.92 Å². The number of piperidine rings is 1. The Morgan fingerprint density at radius 3 is 2.32 bits per heavy atom. The number of rotatable bonds is 6. The number of amides is 1. The zero-order valence-corrected chi connectivity index (χ0v) is 18.8. The molecule has 0 radical (unpaired) electrons. The molecule has 166 valence electrons. The van der Waals surface area contributed by atoms with E-state index in [9.17, 15) is 13.2 Å². The molecule has 0 aliphatic carbocycles. The molecule has 6 nitrogen and oxygen atoms in total. The molecule has 7 heteroatoms. The normalized spacial score (nSPS) is 18.3. The van der Waals surface area contributed by atoms with Crippen molar-refractivity contribution in [2.75, 3.05) is 33.3 Å². The highest BCUT2D eigenvalue weighted by Gasteiger charge is 2.29. The molecule has 0 aromatic heterocycles. The van der Waals surface area contributed by atoms with Crippen molar-refractivity contribution < 1.29 is 17.9 Å². The Kier molecular flexibility index (Phi) is 6.62. The first-order chi connectivity index (χ1) is 15.0. The number of hydrogen-bond acceptors (Lipinski definition) is 4. The van der Waals surface area contributed by atoms with Crippen molar-refractivity contribution in [1.29, 1.82) is 0 Å². The molecule has 0 spiro atoms. The van der Waals surface area contributed by atoms with E-state index in [1.807, 2.05) is 29.2 Å². The molecule has 2 aliphatic rings. The summed E-state index contributed by atoms with van der Waals surface area (Å²) in [4.78, 5) is 14.7. The molecule has 0 bridgehead atoms. The number of methoxy groups -OCH3 is 1. The molecular weight excluding hydrogens is 412 g/mol. The predicted octanol–water partition coefficient (Wildman–Crippen LogP) is 3.57. The predicted molar refractivity (Wildman–Crippen MR) is 120 cm³/mol. The number of carbonyl (C=O) groups is 1. The van der Waals surface area contributed by atoms with Gasteiger partial charge in [0.1, 0.15) is 5.75 Å². The summed E-state index contributed by atoms with van der Waals surface area (Å²) in [7, 11) is -1.97. The van der Waals surface area contributed by atoms with Crippen molar-refractivity contribution >= 4 is 15.9 Å². The van der Waals surface area contributed by atoms with Crippen LogP contribution in [-0.2, 0) is 16.4 Å². The van der Waals surface area contributed by atoms with Crippen molar-refractivity contribution in [3.05, 3.63) is 59.7 Å². The van der Waals surface area contributed by atoms with E-state index in [0.717, 1.165) is 50.8 Å². The molecule has 2 fully saturated rings. The van der Waals surface area contributed by atoms with Gasteiger partial charge in [-0.05, 0) is 67.9 Å². The molecule has 0 unspecified atom stereocenters. The Bertz CT molecular complexity index is 1010. The lowest BCUT2D eigenvalue weighted by Gasteiger charge is -2.31. The van der Waals surface area contributed by atoms with E-state index in [4.69, 9.17) is 4.74 Å². The van der Waals surface area contributed by atoms with Crippen LogP contribution in [0.1, 0.15) is 41.6 Å². The Morgan fingerprint density at radius 2 is 1.68 bits per heavy atom. The fourth-order valence-electron chi connectivity index (χ4n) is 4.48. The van der Waals surface area contributed by atoms with Gasteiger partial charge in [0.25, 0.3) is 5.91 Å². The second-order valence-electron chi connectivity index (χ2n) is 8.43. The Labute approximate surface area is 184 Å². The Morgan fingerprint density at radius 1 is 1.00 bits per heavy atom. The molecule has 0 N–H and O–H groups in total. The first-order valence-corrected chi connectivity index (χ1v) is 12.4. The van der Waals surface area contributed by atoms with E-state index in [0.29, 0.717) is 24.8 Å². The highest BCUT2D eigenvalue weighted by molar-refractivity contribution is 7.89. The van der Waals surface area contributed by atoms with Gasteiger partial charge < -0.3 is 9.64 Å². The summed E-state index contributed by atoms with van der Waals surface area (Å²) in [6.07, 6.45) is 4.76. The standard InChI is InChI=1S/C24H30N2O4S/c1-30-22-5-4-6-23(18-22)31(28,29)26-15-11-20(12-16-26)17-19-7-9-21(10-8-19)24(27)25-13-2-3-14-25/h4-10,18,20H,2-3,11-17H2,1H3. The quantitative estimate of drug-likeness (QED) is 0.686. The van der Waals surface area contributed by atoms with Crippen LogP contribution in [-0.4, -0.2) is 56.8 Å². The third-order valence-electron chi connectivity index (χ3n) is 6.37. The molecule has 4 rings (SSSR count). The molecular formula is C24H30N2O4S. The van der Waals surface area contributed by atoms with Crippen LogP contribution in [0.5, 0.6) is 5.75 Å². The molecule has 2 saturated heterocycles. The van der Waals surface area contributed by atoms with Crippen LogP contribution in [0.4, 0.5) is 0 Å². The van der Waals surface area contributed by atoms with E-state index in [2.05, 4.69) is 0 Å². The summed E-state index contributed by atoms with van der Waals surface area (Å²) in [6, 6.07) is 14.6. The second kappa shape index (κ2) is 9.40. The number of likely N-dealkylation sites (tertiary alicyclic amines) is 1. The summed E-state index contributed by atoms with van der Waals surface area (Å²) in [6.45, 7) is 2.77. The van der Waals surface area contributed by atoms with Crippen LogP contribution >= 0.6 is 0 Å². The van der Waals surface area contributed by atoms with Crippen LogP contribution in [0.15, 0.2) is 53.4 Å². The molecule has 2 aromatic carbocycles.